The molecule has 1 amide bonds. The fourth-order valence-electron chi connectivity index (χ4n) is 3.51. The maximum atomic E-state index is 13.0. The monoisotopic (exact) mass is 326 g/mol. The molecule has 2 aliphatic heterocycles. The highest BCUT2D eigenvalue weighted by atomic mass is 19.4. The van der Waals surface area contributed by atoms with Gasteiger partial charge in [-0.2, -0.15) is 13.2 Å². The maximum Gasteiger partial charge on any atom is 0.416 e. The van der Waals surface area contributed by atoms with Gasteiger partial charge in [0.25, 0.3) is 0 Å². The number of likely N-dealkylation sites (tertiary alicyclic amines) is 1. The number of halogens is 3. The second kappa shape index (κ2) is 5.54. The van der Waals surface area contributed by atoms with Gasteiger partial charge in [-0.15, -0.1) is 0 Å². The molecule has 4 nitrogen and oxygen atoms in total. The molecule has 2 fully saturated rings. The lowest BCUT2D eigenvalue weighted by Gasteiger charge is -2.23. The van der Waals surface area contributed by atoms with Gasteiger partial charge in [0.15, 0.2) is 0 Å². The van der Waals surface area contributed by atoms with Gasteiger partial charge in [-0.25, -0.2) is 0 Å². The lowest BCUT2D eigenvalue weighted by molar-refractivity contribution is -0.137. The molecule has 0 N–H and O–H groups in total. The van der Waals surface area contributed by atoms with Crippen molar-refractivity contribution in [2.45, 2.75) is 13.1 Å². The number of carbonyl (C=O) groups is 2. The molecule has 0 radical (unpaired) electrons. The van der Waals surface area contributed by atoms with E-state index in [1.807, 2.05) is 4.90 Å². The number of hydrogen-bond acceptors (Lipinski definition) is 3. The number of aldehydes is 1. The number of rotatable bonds is 2. The number of hydrogen-bond donors (Lipinski definition) is 0. The average molecular weight is 326 g/mol. The fraction of sp³-hybridized carbons (Fsp3) is 0.500. The number of anilines is 1. The Morgan fingerprint density at radius 2 is 1.74 bits per heavy atom. The third kappa shape index (κ3) is 3.04. The minimum absolute atomic E-state index is 0.0252. The molecule has 0 saturated carbocycles. The van der Waals surface area contributed by atoms with Crippen LogP contribution >= 0.6 is 0 Å². The normalized spacial score (nSPS) is 24.0. The third-order valence-corrected chi connectivity index (χ3v) is 4.70. The summed E-state index contributed by atoms with van der Waals surface area (Å²) in [5.41, 5.74) is -0.359. The quantitative estimate of drug-likeness (QED) is 0.784. The second-order valence-electron chi connectivity index (χ2n) is 6.28. The molecular weight excluding hydrogens is 309 g/mol. The first-order valence-electron chi connectivity index (χ1n) is 7.46. The summed E-state index contributed by atoms with van der Waals surface area (Å²) in [6.45, 7) is 4.04. The van der Waals surface area contributed by atoms with Crippen LogP contribution in [0.15, 0.2) is 18.2 Å². The Hall–Kier alpha value is -2.05. The van der Waals surface area contributed by atoms with Gasteiger partial charge in [-0.3, -0.25) is 9.59 Å². The molecule has 0 bridgehead atoms. The molecule has 23 heavy (non-hydrogen) atoms. The Bertz CT molecular complexity index is 631. The lowest BCUT2D eigenvalue weighted by atomic mass is 10.0. The van der Waals surface area contributed by atoms with Crippen molar-refractivity contribution < 1.29 is 22.8 Å². The van der Waals surface area contributed by atoms with Crippen molar-refractivity contribution in [2.24, 2.45) is 11.8 Å². The Morgan fingerprint density at radius 3 is 2.22 bits per heavy atom. The molecule has 2 atom stereocenters. The number of alkyl halides is 3. The fourth-order valence-corrected chi connectivity index (χ4v) is 3.51. The molecule has 2 aliphatic rings. The smallest absolute Gasteiger partial charge is 0.371 e. The number of fused-ring (bicyclic) bond motifs is 1. The summed E-state index contributed by atoms with van der Waals surface area (Å²) in [6, 6.07) is 3.45. The van der Waals surface area contributed by atoms with E-state index in [0.717, 1.165) is 12.1 Å². The van der Waals surface area contributed by atoms with Gasteiger partial charge in [0, 0.05) is 56.2 Å². The van der Waals surface area contributed by atoms with Gasteiger partial charge >= 0.3 is 6.18 Å². The molecule has 3 rings (SSSR count). The molecule has 7 heteroatoms. The van der Waals surface area contributed by atoms with Gasteiger partial charge in [0.05, 0.1) is 5.56 Å². The van der Waals surface area contributed by atoms with Crippen molar-refractivity contribution in [1.29, 1.82) is 0 Å². The van der Waals surface area contributed by atoms with E-state index in [1.54, 1.807) is 4.90 Å². The molecule has 0 spiro atoms. The minimum atomic E-state index is -4.48. The predicted octanol–water partition coefficient (Wildman–Crippen LogP) is 2.43. The maximum absolute atomic E-state index is 13.0. The summed E-state index contributed by atoms with van der Waals surface area (Å²) in [6.07, 6.45) is -4.04. The van der Waals surface area contributed by atoms with Crippen LogP contribution in [0, 0.1) is 11.8 Å². The zero-order valence-electron chi connectivity index (χ0n) is 12.6. The first kappa shape index (κ1) is 15.8. The van der Waals surface area contributed by atoms with Crippen LogP contribution in [0.25, 0.3) is 0 Å². The first-order chi connectivity index (χ1) is 10.8. The van der Waals surface area contributed by atoms with Gasteiger partial charge in [-0.1, -0.05) is 0 Å². The molecule has 0 aromatic heterocycles. The summed E-state index contributed by atoms with van der Waals surface area (Å²) in [4.78, 5) is 26.0. The van der Waals surface area contributed by atoms with Crippen molar-refractivity contribution in [3.8, 4) is 0 Å². The van der Waals surface area contributed by atoms with E-state index in [1.165, 1.54) is 13.0 Å². The second-order valence-corrected chi connectivity index (χ2v) is 6.28. The standard InChI is InChI=1S/C16H17F3N2O2/c1-10(23)20-5-12-7-21(8-13(12)6-20)15-3-11(9-22)2-14(4-15)16(17,18)19/h2-4,9,12-13H,5-8H2,1H3. The van der Waals surface area contributed by atoms with E-state index in [9.17, 15) is 22.8 Å². The first-order valence-corrected chi connectivity index (χ1v) is 7.46. The zero-order valence-corrected chi connectivity index (χ0v) is 12.6. The van der Waals surface area contributed by atoms with Crippen LogP contribution in [0.4, 0.5) is 18.9 Å². The Morgan fingerprint density at radius 1 is 1.13 bits per heavy atom. The zero-order chi connectivity index (χ0) is 16.8. The van der Waals surface area contributed by atoms with Crippen LogP contribution in [-0.4, -0.2) is 43.3 Å². The van der Waals surface area contributed by atoms with Crippen LogP contribution in [0.5, 0.6) is 0 Å². The van der Waals surface area contributed by atoms with Gasteiger partial charge < -0.3 is 9.80 Å². The Labute approximate surface area is 131 Å². The van der Waals surface area contributed by atoms with Crippen molar-refractivity contribution >= 4 is 17.9 Å². The summed E-state index contributed by atoms with van der Waals surface area (Å²) < 4.78 is 38.9. The molecule has 2 unspecified atom stereocenters. The molecular formula is C16H17F3N2O2. The van der Waals surface area contributed by atoms with Crippen molar-refractivity contribution in [3.05, 3.63) is 29.3 Å². The topological polar surface area (TPSA) is 40.6 Å². The minimum Gasteiger partial charge on any atom is -0.371 e. The van der Waals surface area contributed by atoms with Crippen LogP contribution in [0.3, 0.4) is 0 Å². The van der Waals surface area contributed by atoms with E-state index >= 15 is 0 Å². The number of amides is 1. The largest absolute Gasteiger partial charge is 0.416 e. The summed E-state index contributed by atoms with van der Waals surface area (Å²) in [5, 5.41) is 0. The predicted molar refractivity (Wildman–Crippen MR) is 78.3 cm³/mol. The average Bonchev–Trinajstić information content (AvgIpc) is 3.04. The molecule has 2 heterocycles. The number of carbonyl (C=O) groups excluding carboxylic acids is 2. The number of nitrogens with zero attached hydrogens (tertiary/aromatic N) is 2. The lowest BCUT2D eigenvalue weighted by Crippen LogP contribution is -2.31. The highest BCUT2D eigenvalue weighted by Crippen LogP contribution is 2.37. The van der Waals surface area contributed by atoms with Gasteiger partial charge in [-0.05, 0) is 18.2 Å². The molecule has 2 saturated heterocycles. The van der Waals surface area contributed by atoms with Crippen LogP contribution < -0.4 is 4.90 Å². The van der Waals surface area contributed by atoms with Crippen molar-refractivity contribution in [1.82, 2.24) is 4.90 Å². The van der Waals surface area contributed by atoms with Gasteiger partial charge in [0.1, 0.15) is 6.29 Å². The Kier molecular flexibility index (Phi) is 3.82. The van der Waals surface area contributed by atoms with E-state index in [2.05, 4.69) is 0 Å². The van der Waals surface area contributed by atoms with Crippen molar-refractivity contribution in [3.63, 3.8) is 0 Å². The van der Waals surface area contributed by atoms with Crippen LogP contribution in [-0.2, 0) is 11.0 Å². The van der Waals surface area contributed by atoms with Crippen molar-refractivity contribution in [2.75, 3.05) is 31.1 Å². The van der Waals surface area contributed by atoms with Crippen LogP contribution in [0.1, 0.15) is 22.8 Å². The van der Waals surface area contributed by atoms with E-state index in [0.29, 0.717) is 38.2 Å². The molecule has 1 aromatic rings. The highest BCUT2D eigenvalue weighted by molar-refractivity contribution is 5.78. The summed E-state index contributed by atoms with van der Waals surface area (Å²) in [7, 11) is 0. The molecule has 0 aliphatic carbocycles. The van der Waals surface area contributed by atoms with E-state index in [-0.39, 0.29) is 23.3 Å². The van der Waals surface area contributed by atoms with Crippen LogP contribution in [0.2, 0.25) is 0 Å². The molecule has 1 aromatic carbocycles. The molecule has 124 valence electrons. The van der Waals surface area contributed by atoms with E-state index < -0.39 is 11.7 Å². The SMILES string of the molecule is CC(=O)N1CC2CN(c3cc(C=O)cc(C(F)(F)F)c3)CC2C1. The van der Waals surface area contributed by atoms with E-state index in [4.69, 9.17) is 0 Å². The summed E-state index contributed by atoms with van der Waals surface area (Å²) >= 11 is 0. The summed E-state index contributed by atoms with van der Waals surface area (Å²) in [5.74, 6) is 0.578. The van der Waals surface area contributed by atoms with Gasteiger partial charge in [0.2, 0.25) is 5.91 Å². The third-order valence-electron chi connectivity index (χ3n) is 4.70. The Balaban J connectivity index is 1.82. The number of benzene rings is 1. The highest BCUT2D eigenvalue weighted by Gasteiger charge is 2.41.